The Balaban J connectivity index is 1.76. The van der Waals surface area contributed by atoms with Gasteiger partial charge in [-0.05, 0) is 6.92 Å². The van der Waals surface area contributed by atoms with Crippen LogP contribution < -0.4 is 10.6 Å². The third-order valence-corrected chi connectivity index (χ3v) is 3.07. The van der Waals surface area contributed by atoms with Gasteiger partial charge in [-0.15, -0.1) is 0 Å². The number of imidazole rings is 1. The fraction of sp³-hybridized carbons (Fsp3) is 0.214. The number of anilines is 3. The zero-order valence-corrected chi connectivity index (χ0v) is 12.9. The molecule has 0 amide bonds. The van der Waals surface area contributed by atoms with E-state index in [9.17, 15) is 8.78 Å². The van der Waals surface area contributed by atoms with Crippen molar-refractivity contribution in [2.24, 2.45) is 7.05 Å². The van der Waals surface area contributed by atoms with E-state index in [2.05, 4.69) is 35.6 Å². The molecular weight excluding hydrogens is 318 g/mol. The highest BCUT2D eigenvalue weighted by Crippen LogP contribution is 2.19. The Morgan fingerprint density at radius 2 is 1.83 bits per heavy atom. The zero-order chi connectivity index (χ0) is 17.1. The molecule has 1 atom stereocenters. The van der Waals surface area contributed by atoms with Gasteiger partial charge < -0.3 is 15.2 Å². The first-order valence-electron chi connectivity index (χ1n) is 7.03. The second-order valence-electron chi connectivity index (χ2n) is 5.07. The van der Waals surface area contributed by atoms with E-state index in [-0.39, 0.29) is 11.8 Å². The Morgan fingerprint density at radius 1 is 1.08 bits per heavy atom. The van der Waals surface area contributed by atoms with Crippen molar-refractivity contribution in [2.45, 2.75) is 13.0 Å². The lowest BCUT2D eigenvalue weighted by Gasteiger charge is -2.13. The summed E-state index contributed by atoms with van der Waals surface area (Å²) in [5, 5.41) is 5.71. The van der Waals surface area contributed by atoms with E-state index in [1.807, 2.05) is 0 Å². The molecule has 0 aliphatic carbocycles. The molecule has 8 nitrogen and oxygen atoms in total. The third-order valence-electron chi connectivity index (χ3n) is 3.07. The summed E-state index contributed by atoms with van der Waals surface area (Å²) >= 11 is 0. The van der Waals surface area contributed by atoms with Gasteiger partial charge in [0.25, 0.3) is 0 Å². The standard InChI is InChI=1S/C14H14F2N8/c1-8(12-17-3-9(15)4-18-12)21-14-19-5-10(16)13(23-14)22-11-6-24(2)7-20-11/h3-8H,1-2H3,(H2,19,21,22,23). The first kappa shape index (κ1) is 15.7. The number of nitrogens with one attached hydrogen (secondary N) is 2. The molecule has 0 fully saturated rings. The van der Waals surface area contributed by atoms with Crippen molar-refractivity contribution in [2.75, 3.05) is 10.6 Å². The van der Waals surface area contributed by atoms with Gasteiger partial charge in [0.1, 0.15) is 11.6 Å². The zero-order valence-electron chi connectivity index (χ0n) is 12.9. The van der Waals surface area contributed by atoms with Gasteiger partial charge >= 0.3 is 0 Å². The molecule has 3 aromatic rings. The van der Waals surface area contributed by atoms with E-state index in [1.165, 1.54) is 0 Å². The lowest BCUT2D eigenvalue weighted by molar-refractivity contribution is 0.603. The normalized spacial score (nSPS) is 12.0. The monoisotopic (exact) mass is 332 g/mol. The minimum atomic E-state index is -0.614. The van der Waals surface area contributed by atoms with Crippen molar-refractivity contribution in [3.63, 3.8) is 0 Å². The summed E-state index contributed by atoms with van der Waals surface area (Å²) in [6, 6.07) is -0.390. The lowest BCUT2D eigenvalue weighted by Crippen LogP contribution is -2.13. The molecule has 10 heteroatoms. The summed E-state index contributed by atoms with van der Waals surface area (Å²) in [5.41, 5.74) is 0. The summed E-state index contributed by atoms with van der Waals surface area (Å²) in [6.45, 7) is 1.76. The fourth-order valence-electron chi connectivity index (χ4n) is 1.93. The number of hydrogen-bond donors (Lipinski definition) is 2. The largest absolute Gasteiger partial charge is 0.344 e. The Hall–Kier alpha value is -3.17. The Morgan fingerprint density at radius 3 is 2.50 bits per heavy atom. The van der Waals surface area contributed by atoms with Crippen LogP contribution in [0.5, 0.6) is 0 Å². The minimum Gasteiger partial charge on any atom is -0.344 e. The Kier molecular flexibility index (Phi) is 4.27. The van der Waals surface area contributed by atoms with Gasteiger partial charge in [0.15, 0.2) is 17.5 Å². The van der Waals surface area contributed by atoms with Crippen LogP contribution >= 0.6 is 0 Å². The molecule has 0 radical (unpaired) electrons. The van der Waals surface area contributed by atoms with Crippen molar-refractivity contribution in [1.82, 2.24) is 29.5 Å². The molecule has 1 unspecified atom stereocenters. The van der Waals surface area contributed by atoms with Crippen LogP contribution in [0.3, 0.4) is 0 Å². The van der Waals surface area contributed by atoms with Gasteiger partial charge in [0, 0.05) is 13.2 Å². The molecule has 24 heavy (non-hydrogen) atoms. The van der Waals surface area contributed by atoms with Gasteiger partial charge in [-0.1, -0.05) is 0 Å². The molecule has 0 saturated carbocycles. The van der Waals surface area contributed by atoms with E-state index in [4.69, 9.17) is 0 Å². The summed E-state index contributed by atoms with van der Waals surface area (Å²) < 4.78 is 28.4. The number of hydrogen-bond acceptors (Lipinski definition) is 7. The van der Waals surface area contributed by atoms with Crippen LogP contribution in [-0.2, 0) is 7.05 Å². The smallest absolute Gasteiger partial charge is 0.225 e. The predicted octanol–water partition coefficient (Wildman–Crippen LogP) is 2.19. The van der Waals surface area contributed by atoms with Crippen LogP contribution in [0.1, 0.15) is 18.8 Å². The SMILES string of the molecule is CC(Nc1ncc(F)c(Nc2cn(C)cn2)n1)c1ncc(F)cn1. The van der Waals surface area contributed by atoms with Crippen molar-refractivity contribution in [3.8, 4) is 0 Å². The number of halogens is 2. The van der Waals surface area contributed by atoms with E-state index < -0.39 is 17.7 Å². The highest BCUT2D eigenvalue weighted by molar-refractivity contribution is 5.52. The Bertz CT molecular complexity index is 833. The maximum atomic E-state index is 13.9. The van der Waals surface area contributed by atoms with Crippen molar-refractivity contribution in [3.05, 3.63) is 48.6 Å². The second kappa shape index (κ2) is 6.52. The lowest BCUT2D eigenvalue weighted by atomic mass is 10.3. The molecule has 3 rings (SSSR count). The molecule has 3 heterocycles. The summed E-state index contributed by atoms with van der Waals surface area (Å²) in [4.78, 5) is 19.8. The van der Waals surface area contributed by atoms with E-state index in [0.29, 0.717) is 11.6 Å². The van der Waals surface area contributed by atoms with E-state index in [1.54, 1.807) is 31.1 Å². The molecule has 3 aromatic heterocycles. The van der Waals surface area contributed by atoms with Crippen LogP contribution in [0.25, 0.3) is 0 Å². The maximum Gasteiger partial charge on any atom is 0.225 e. The van der Waals surface area contributed by atoms with Crippen molar-refractivity contribution in [1.29, 1.82) is 0 Å². The average molecular weight is 332 g/mol. The molecule has 0 bridgehead atoms. The number of aromatic nitrogens is 6. The maximum absolute atomic E-state index is 13.9. The van der Waals surface area contributed by atoms with E-state index in [0.717, 1.165) is 18.6 Å². The molecule has 124 valence electrons. The Labute approximate surface area is 136 Å². The van der Waals surface area contributed by atoms with Crippen LogP contribution in [0.2, 0.25) is 0 Å². The molecule has 0 aliphatic rings. The average Bonchev–Trinajstić information content (AvgIpc) is 2.96. The van der Waals surface area contributed by atoms with Gasteiger partial charge in [-0.2, -0.15) is 4.98 Å². The quantitative estimate of drug-likeness (QED) is 0.739. The van der Waals surface area contributed by atoms with E-state index >= 15 is 0 Å². The third kappa shape index (κ3) is 3.59. The van der Waals surface area contributed by atoms with Crippen molar-refractivity contribution < 1.29 is 8.78 Å². The highest BCUT2D eigenvalue weighted by atomic mass is 19.1. The van der Waals surface area contributed by atoms with Crippen LogP contribution in [0.4, 0.5) is 26.4 Å². The van der Waals surface area contributed by atoms with Crippen molar-refractivity contribution >= 4 is 17.6 Å². The van der Waals surface area contributed by atoms with Gasteiger partial charge in [0.05, 0.1) is 31.0 Å². The molecule has 0 aliphatic heterocycles. The molecule has 0 aromatic carbocycles. The van der Waals surface area contributed by atoms with Crippen LogP contribution in [0, 0.1) is 11.6 Å². The van der Waals surface area contributed by atoms with Crippen LogP contribution in [0.15, 0.2) is 31.1 Å². The number of rotatable bonds is 5. The van der Waals surface area contributed by atoms with Gasteiger partial charge in [0.2, 0.25) is 5.95 Å². The minimum absolute atomic E-state index is 0.0153. The van der Waals surface area contributed by atoms with Gasteiger partial charge in [-0.25, -0.2) is 28.7 Å². The summed E-state index contributed by atoms with van der Waals surface area (Å²) in [7, 11) is 1.80. The first-order valence-corrected chi connectivity index (χ1v) is 7.03. The van der Waals surface area contributed by atoms with Gasteiger partial charge in [-0.3, -0.25) is 0 Å². The molecule has 2 N–H and O–H groups in total. The fourth-order valence-corrected chi connectivity index (χ4v) is 1.93. The first-order chi connectivity index (χ1) is 11.5. The molecule has 0 spiro atoms. The molecule has 0 saturated heterocycles. The molecular formula is C14H14F2N8. The topological polar surface area (TPSA) is 93.4 Å². The predicted molar refractivity (Wildman–Crippen MR) is 82.5 cm³/mol. The summed E-state index contributed by atoms with van der Waals surface area (Å²) in [5.74, 6) is -0.157. The summed E-state index contributed by atoms with van der Waals surface area (Å²) in [6.07, 6.45) is 6.44. The highest BCUT2D eigenvalue weighted by Gasteiger charge is 2.13. The second-order valence-corrected chi connectivity index (χ2v) is 5.07. The number of aryl methyl sites for hydroxylation is 1. The van der Waals surface area contributed by atoms with Crippen LogP contribution in [-0.4, -0.2) is 29.5 Å². The number of nitrogens with zero attached hydrogens (tertiary/aromatic N) is 6.